The second-order valence-electron chi connectivity index (χ2n) is 5.00. The van der Waals surface area contributed by atoms with Crippen molar-refractivity contribution in [3.63, 3.8) is 0 Å². The number of hydrogen-bond acceptors (Lipinski definition) is 4. The van der Waals surface area contributed by atoms with E-state index in [1.165, 1.54) is 18.8 Å². The lowest BCUT2D eigenvalue weighted by Gasteiger charge is -2.26. The zero-order valence-electron chi connectivity index (χ0n) is 12.6. The van der Waals surface area contributed by atoms with Crippen LogP contribution in [0, 0.1) is 0 Å². The van der Waals surface area contributed by atoms with Crippen LogP contribution in [-0.4, -0.2) is 41.0 Å². The summed E-state index contributed by atoms with van der Waals surface area (Å²) >= 11 is 1.44. The first-order valence-electron chi connectivity index (χ1n) is 6.95. The smallest absolute Gasteiger partial charge is 0.267 e. The number of hydrogen-bond donors (Lipinski definition) is 0. The fourth-order valence-electron chi connectivity index (χ4n) is 2.54. The predicted molar refractivity (Wildman–Crippen MR) is 87.3 cm³/mol. The van der Waals surface area contributed by atoms with E-state index in [-0.39, 0.29) is 0 Å². The minimum absolute atomic E-state index is 0.315. The molecule has 1 aliphatic rings. The summed E-state index contributed by atoms with van der Waals surface area (Å²) in [6.07, 6.45) is 1.87. The minimum Gasteiger partial charge on any atom is -0.267 e. The van der Waals surface area contributed by atoms with E-state index in [9.17, 15) is 14.4 Å². The largest absolute Gasteiger partial charge is 0.280 e. The summed E-state index contributed by atoms with van der Waals surface area (Å²) in [7, 11) is 1.43. The predicted octanol–water partition coefficient (Wildman–Crippen LogP) is 2.69. The van der Waals surface area contributed by atoms with Crippen molar-refractivity contribution in [3.8, 4) is 0 Å². The summed E-state index contributed by atoms with van der Waals surface area (Å²) in [6, 6.07) is 13.7. The summed E-state index contributed by atoms with van der Waals surface area (Å²) in [5.74, 6) is -1.37. The molecule has 116 valence electrons. The number of hydrazine groups is 1. The molecule has 0 saturated heterocycles. The Morgan fingerprint density at radius 1 is 0.957 bits per heavy atom. The zero-order valence-corrected chi connectivity index (χ0v) is 13.5. The van der Waals surface area contributed by atoms with E-state index in [4.69, 9.17) is 0 Å². The number of carbonyl (C=O) groups is 3. The van der Waals surface area contributed by atoms with E-state index in [1.807, 2.05) is 18.4 Å². The van der Waals surface area contributed by atoms with Crippen LogP contribution in [0.5, 0.6) is 0 Å². The molecule has 0 atom stereocenters. The summed E-state index contributed by atoms with van der Waals surface area (Å²) in [4.78, 5) is 38.4. The lowest BCUT2D eigenvalue weighted by atomic mass is 10.1. The lowest BCUT2D eigenvalue weighted by molar-refractivity contribution is 0.0126. The van der Waals surface area contributed by atoms with Crippen LogP contribution in [-0.2, 0) is 0 Å². The van der Waals surface area contributed by atoms with E-state index < -0.39 is 17.7 Å². The maximum atomic E-state index is 12.7. The van der Waals surface area contributed by atoms with E-state index in [2.05, 4.69) is 0 Å². The van der Waals surface area contributed by atoms with Gasteiger partial charge in [0.25, 0.3) is 17.7 Å². The van der Waals surface area contributed by atoms with Crippen LogP contribution in [0.4, 0.5) is 0 Å². The molecule has 5 nitrogen and oxygen atoms in total. The molecule has 1 aliphatic heterocycles. The van der Waals surface area contributed by atoms with Gasteiger partial charge in [-0.3, -0.25) is 14.4 Å². The third kappa shape index (κ3) is 2.41. The minimum atomic E-state index is -0.483. The molecule has 0 N–H and O–H groups in total. The lowest BCUT2D eigenvalue weighted by Crippen LogP contribution is -2.47. The van der Waals surface area contributed by atoms with Gasteiger partial charge in [-0.2, -0.15) is 5.01 Å². The summed E-state index contributed by atoms with van der Waals surface area (Å²) in [5, 5.41) is 1.98. The summed E-state index contributed by atoms with van der Waals surface area (Å²) in [5.41, 5.74) is 1.09. The van der Waals surface area contributed by atoms with Crippen LogP contribution >= 0.6 is 11.8 Å². The van der Waals surface area contributed by atoms with Crippen molar-refractivity contribution in [2.75, 3.05) is 13.3 Å². The monoisotopic (exact) mass is 326 g/mol. The molecule has 0 fully saturated rings. The molecule has 0 spiro atoms. The third-order valence-corrected chi connectivity index (χ3v) is 4.50. The van der Waals surface area contributed by atoms with Crippen LogP contribution < -0.4 is 0 Å². The topological polar surface area (TPSA) is 57.7 Å². The number of amides is 3. The average Bonchev–Trinajstić information content (AvgIpc) is 2.85. The first kappa shape index (κ1) is 15.3. The van der Waals surface area contributed by atoms with Crippen LogP contribution in [0.15, 0.2) is 53.4 Å². The van der Waals surface area contributed by atoms with Crippen LogP contribution in [0.3, 0.4) is 0 Å². The fourth-order valence-corrected chi connectivity index (χ4v) is 3.13. The first-order chi connectivity index (χ1) is 11.1. The normalized spacial score (nSPS) is 13.2. The molecule has 0 aliphatic carbocycles. The van der Waals surface area contributed by atoms with E-state index in [1.54, 1.807) is 36.4 Å². The van der Waals surface area contributed by atoms with Gasteiger partial charge in [-0.15, -0.1) is 11.8 Å². The molecule has 0 saturated carbocycles. The number of imide groups is 1. The Kier molecular flexibility index (Phi) is 3.92. The van der Waals surface area contributed by atoms with Crippen molar-refractivity contribution in [1.29, 1.82) is 0 Å². The molecule has 3 amide bonds. The number of fused-ring (bicyclic) bond motifs is 1. The summed E-state index contributed by atoms with van der Waals surface area (Å²) in [6.45, 7) is 0. The third-order valence-electron chi connectivity index (χ3n) is 3.70. The highest BCUT2D eigenvalue weighted by atomic mass is 32.2. The fraction of sp³-hybridized carbons (Fsp3) is 0.118. The standard InChI is InChI=1S/C17H14N2O3S/c1-18(15(20)13-9-5-6-10-14(13)23-2)19-16(21)11-7-3-4-8-12(11)17(19)22/h3-10H,1-2H3. The SMILES string of the molecule is CSc1ccccc1C(=O)N(C)N1C(=O)c2ccccc2C1=O. The number of thioether (sulfide) groups is 1. The van der Waals surface area contributed by atoms with Gasteiger partial charge in [0.15, 0.2) is 0 Å². The molecule has 0 aromatic heterocycles. The van der Waals surface area contributed by atoms with Gasteiger partial charge in [0.1, 0.15) is 0 Å². The Morgan fingerprint density at radius 3 is 2.04 bits per heavy atom. The van der Waals surface area contributed by atoms with Crippen molar-refractivity contribution >= 4 is 29.5 Å². The Morgan fingerprint density at radius 2 is 1.48 bits per heavy atom. The molecule has 2 aromatic carbocycles. The molecular weight excluding hydrogens is 312 g/mol. The maximum Gasteiger partial charge on any atom is 0.280 e. The van der Waals surface area contributed by atoms with Gasteiger partial charge < -0.3 is 0 Å². The highest BCUT2D eigenvalue weighted by Gasteiger charge is 2.40. The number of nitrogens with zero attached hydrogens (tertiary/aromatic N) is 2. The molecule has 0 unspecified atom stereocenters. The molecule has 2 aromatic rings. The van der Waals surface area contributed by atoms with E-state index >= 15 is 0 Å². The van der Waals surface area contributed by atoms with Crippen LogP contribution in [0.1, 0.15) is 31.1 Å². The molecule has 0 radical (unpaired) electrons. The number of benzene rings is 2. The van der Waals surface area contributed by atoms with Crippen molar-refractivity contribution < 1.29 is 14.4 Å². The Bertz CT molecular complexity index is 784. The molecule has 0 bridgehead atoms. The summed E-state index contributed by atoms with van der Waals surface area (Å²) < 4.78 is 0. The molecule has 23 heavy (non-hydrogen) atoms. The van der Waals surface area contributed by atoms with Gasteiger partial charge in [0.2, 0.25) is 0 Å². The maximum absolute atomic E-state index is 12.7. The van der Waals surface area contributed by atoms with Gasteiger partial charge in [-0.25, -0.2) is 5.01 Å². The van der Waals surface area contributed by atoms with Crippen molar-refractivity contribution in [2.45, 2.75) is 4.90 Å². The molecule has 6 heteroatoms. The molecule has 1 heterocycles. The quantitative estimate of drug-likeness (QED) is 0.643. The van der Waals surface area contributed by atoms with Crippen molar-refractivity contribution in [1.82, 2.24) is 10.0 Å². The number of rotatable bonds is 3. The Balaban J connectivity index is 1.95. The van der Waals surface area contributed by atoms with Gasteiger partial charge in [-0.1, -0.05) is 24.3 Å². The average molecular weight is 326 g/mol. The van der Waals surface area contributed by atoms with Crippen LogP contribution in [0.2, 0.25) is 0 Å². The highest BCUT2D eigenvalue weighted by Crippen LogP contribution is 2.26. The Hall–Kier alpha value is -2.60. The van der Waals surface area contributed by atoms with Gasteiger partial charge in [0, 0.05) is 11.9 Å². The van der Waals surface area contributed by atoms with E-state index in [0.29, 0.717) is 16.7 Å². The zero-order chi connectivity index (χ0) is 16.6. The van der Waals surface area contributed by atoms with E-state index in [0.717, 1.165) is 14.9 Å². The van der Waals surface area contributed by atoms with Gasteiger partial charge >= 0.3 is 0 Å². The molecular formula is C17H14N2O3S. The molecule has 3 rings (SSSR count). The second kappa shape index (κ2) is 5.89. The van der Waals surface area contributed by atoms with Crippen LogP contribution in [0.25, 0.3) is 0 Å². The highest BCUT2D eigenvalue weighted by molar-refractivity contribution is 7.98. The van der Waals surface area contributed by atoms with Gasteiger partial charge in [-0.05, 0) is 30.5 Å². The van der Waals surface area contributed by atoms with Crippen molar-refractivity contribution in [3.05, 3.63) is 65.2 Å². The number of carbonyl (C=O) groups excluding carboxylic acids is 3. The Labute approximate surface area is 137 Å². The van der Waals surface area contributed by atoms with Gasteiger partial charge in [0.05, 0.1) is 16.7 Å². The first-order valence-corrected chi connectivity index (χ1v) is 8.17. The second-order valence-corrected chi connectivity index (χ2v) is 5.84. The van der Waals surface area contributed by atoms with Crippen molar-refractivity contribution in [2.24, 2.45) is 0 Å².